The zero-order chi connectivity index (χ0) is 37.3. The number of benzene rings is 3. The van der Waals surface area contributed by atoms with Gasteiger partial charge in [0.2, 0.25) is 11.8 Å². The molecule has 0 radical (unpaired) electrons. The van der Waals surface area contributed by atoms with Crippen LogP contribution in [0.1, 0.15) is 76.5 Å². The molecule has 52 heavy (non-hydrogen) atoms. The Kier molecular flexibility index (Phi) is 12.8. The molecule has 9 heteroatoms. The second kappa shape index (κ2) is 17.4. The van der Waals surface area contributed by atoms with Crippen molar-refractivity contribution < 1.29 is 24.6 Å². The highest BCUT2D eigenvalue weighted by atomic mass is 16.3. The Morgan fingerprint density at radius 3 is 2.38 bits per heavy atom. The lowest BCUT2D eigenvalue weighted by Crippen LogP contribution is -2.44. The lowest BCUT2D eigenvalue weighted by molar-refractivity contribution is -0.139. The number of hydrogen-bond acceptors (Lipinski definition) is 6. The predicted octanol–water partition coefficient (Wildman–Crippen LogP) is 7.05. The largest absolute Gasteiger partial charge is 0.395 e. The molecule has 2 N–H and O–H groups in total. The van der Waals surface area contributed by atoms with Crippen molar-refractivity contribution in [3.05, 3.63) is 131 Å². The summed E-state index contributed by atoms with van der Waals surface area (Å²) >= 11 is 0. The van der Waals surface area contributed by atoms with E-state index in [1.165, 1.54) is 10.6 Å². The first-order valence-electron chi connectivity index (χ1n) is 18.1. The molecule has 0 aromatic heterocycles. The highest BCUT2D eigenvalue weighted by Gasteiger charge is 2.52. The van der Waals surface area contributed by atoms with E-state index in [1.807, 2.05) is 73.7 Å². The number of hydrazone groups is 1. The summed E-state index contributed by atoms with van der Waals surface area (Å²) in [6.07, 6.45) is 10.2. The molecule has 0 saturated carbocycles. The van der Waals surface area contributed by atoms with Crippen LogP contribution in [-0.4, -0.2) is 58.2 Å². The maximum Gasteiger partial charge on any atom is 0.264 e. The van der Waals surface area contributed by atoms with Gasteiger partial charge < -0.3 is 20.0 Å². The Labute approximate surface area is 307 Å². The molecule has 3 amide bonds. The summed E-state index contributed by atoms with van der Waals surface area (Å²) in [5.41, 5.74) is 4.50. The number of allylic oxidation sites excluding steroid dienone is 3. The van der Waals surface area contributed by atoms with E-state index in [0.717, 1.165) is 35.3 Å². The van der Waals surface area contributed by atoms with Crippen molar-refractivity contribution in [1.29, 1.82) is 0 Å². The summed E-state index contributed by atoms with van der Waals surface area (Å²) in [6.45, 7) is 8.60. The highest BCUT2D eigenvalue weighted by Crippen LogP contribution is 2.47. The molecule has 2 heterocycles. The second-order valence-corrected chi connectivity index (χ2v) is 13.8. The normalized spacial score (nSPS) is 18.0. The summed E-state index contributed by atoms with van der Waals surface area (Å²) in [4.78, 5) is 44.0. The van der Waals surface area contributed by atoms with E-state index in [9.17, 15) is 24.6 Å². The van der Waals surface area contributed by atoms with Crippen LogP contribution < -0.4 is 9.91 Å². The van der Waals surface area contributed by atoms with Crippen molar-refractivity contribution in [2.45, 2.75) is 71.9 Å². The molecule has 0 saturated heterocycles. The Hall–Kier alpha value is -5.12. The highest BCUT2D eigenvalue weighted by molar-refractivity contribution is 6.10. The number of carbonyl (C=O) groups excluding carboxylic acids is 3. The zero-order valence-corrected chi connectivity index (χ0v) is 30.7. The molecule has 3 aromatic rings. The number of carbonyl (C=O) groups is 3. The van der Waals surface area contributed by atoms with E-state index in [1.54, 1.807) is 47.1 Å². The van der Waals surface area contributed by atoms with Gasteiger partial charge in [0.25, 0.3) is 5.91 Å². The van der Waals surface area contributed by atoms with Gasteiger partial charge in [-0.1, -0.05) is 103 Å². The molecular formula is C43H50N4O5. The van der Waals surface area contributed by atoms with Gasteiger partial charge in [0.15, 0.2) is 5.60 Å². The summed E-state index contributed by atoms with van der Waals surface area (Å²) in [5.74, 6) is -1.55. The number of rotatable bonds is 15. The molecule has 272 valence electrons. The fourth-order valence-corrected chi connectivity index (χ4v) is 6.64. The monoisotopic (exact) mass is 702 g/mol. The Morgan fingerprint density at radius 2 is 1.69 bits per heavy atom. The first-order valence-corrected chi connectivity index (χ1v) is 18.1. The van der Waals surface area contributed by atoms with Crippen LogP contribution in [0.5, 0.6) is 0 Å². The average Bonchev–Trinajstić information content (AvgIpc) is 3.36. The molecule has 0 fully saturated rings. The molecule has 3 aromatic carbocycles. The van der Waals surface area contributed by atoms with Crippen LogP contribution in [0, 0.1) is 5.92 Å². The molecule has 0 aliphatic carbocycles. The molecule has 0 unspecified atom stereocenters. The van der Waals surface area contributed by atoms with Crippen molar-refractivity contribution in [1.82, 2.24) is 4.90 Å². The molecular weight excluding hydrogens is 652 g/mol. The van der Waals surface area contributed by atoms with Crippen molar-refractivity contribution in [3.63, 3.8) is 0 Å². The van der Waals surface area contributed by atoms with Gasteiger partial charge in [-0.05, 0) is 62.9 Å². The van der Waals surface area contributed by atoms with E-state index in [-0.39, 0.29) is 44.4 Å². The minimum atomic E-state index is -1.96. The second-order valence-electron chi connectivity index (χ2n) is 13.8. The van der Waals surface area contributed by atoms with Crippen LogP contribution in [-0.2, 0) is 26.5 Å². The molecule has 5 rings (SSSR count). The number of nitrogens with zero attached hydrogens (tertiary/aromatic N) is 4. The van der Waals surface area contributed by atoms with Crippen LogP contribution in [0.4, 0.5) is 11.4 Å². The number of amides is 3. The SMILES string of the molecule is CC(C)=CCC/C(C)=C/CN1C(=O)[C@](O)([C@H](C)/C=C/CC(=O)N(CCO)Cc2ccccc2)c2cc(N3N=C(c4ccccc4)CCC3=O)ccc21. The molecule has 2 atom stereocenters. The average molecular weight is 703 g/mol. The van der Waals surface area contributed by atoms with Crippen LogP contribution >= 0.6 is 0 Å². The van der Waals surface area contributed by atoms with Gasteiger partial charge in [0.05, 0.1) is 23.7 Å². The van der Waals surface area contributed by atoms with E-state index in [2.05, 4.69) is 19.9 Å². The van der Waals surface area contributed by atoms with E-state index < -0.39 is 17.4 Å². The van der Waals surface area contributed by atoms with Crippen molar-refractivity contribution in [2.75, 3.05) is 29.6 Å². The number of anilines is 2. The van der Waals surface area contributed by atoms with Crippen LogP contribution in [0.25, 0.3) is 0 Å². The van der Waals surface area contributed by atoms with E-state index in [4.69, 9.17) is 5.10 Å². The third-order valence-electron chi connectivity index (χ3n) is 9.67. The number of aliphatic hydroxyl groups is 2. The predicted molar refractivity (Wildman–Crippen MR) is 207 cm³/mol. The topological polar surface area (TPSA) is 114 Å². The first-order chi connectivity index (χ1) is 25.0. The van der Waals surface area contributed by atoms with Crippen LogP contribution in [0.3, 0.4) is 0 Å². The summed E-state index contributed by atoms with van der Waals surface area (Å²) in [7, 11) is 0. The van der Waals surface area contributed by atoms with E-state index >= 15 is 0 Å². The van der Waals surface area contributed by atoms with Gasteiger partial charge in [0.1, 0.15) is 0 Å². The Morgan fingerprint density at radius 1 is 0.981 bits per heavy atom. The third-order valence-corrected chi connectivity index (χ3v) is 9.67. The fraction of sp³-hybridized carbons (Fsp3) is 0.349. The van der Waals surface area contributed by atoms with Gasteiger partial charge in [-0.15, -0.1) is 0 Å². The first kappa shape index (κ1) is 38.1. The van der Waals surface area contributed by atoms with E-state index in [0.29, 0.717) is 29.9 Å². The maximum atomic E-state index is 14.3. The van der Waals surface area contributed by atoms with Crippen molar-refractivity contribution >= 4 is 34.8 Å². The van der Waals surface area contributed by atoms with Gasteiger partial charge in [0, 0.05) is 50.4 Å². The van der Waals surface area contributed by atoms with Gasteiger partial charge in [-0.25, -0.2) is 5.01 Å². The van der Waals surface area contributed by atoms with Gasteiger partial charge >= 0.3 is 0 Å². The minimum Gasteiger partial charge on any atom is -0.395 e. The molecule has 0 spiro atoms. The summed E-state index contributed by atoms with van der Waals surface area (Å²) in [6, 6.07) is 24.6. The molecule has 2 aliphatic rings. The Balaban J connectivity index is 1.44. The summed E-state index contributed by atoms with van der Waals surface area (Å²) in [5, 5.41) is 28.2. The lowest BCUT2D eigenvalue weighted by atomic mass is 9.82. The van der Waals surface area contributed by atoms with Crippen LogP contribution in [0.2, 0.25) is 0 Å². The van der Waals surface area contributed by atoms with Crippen molar-refractivity contribution in [2.24, 2.45) is 11.0 Å². The quantitative estimate of drug-likeness (QED) is 0.165. The number of fused-ring (bicyclic) bond motifs is 1. The zero-order valence-electron chi connectivity index (χ0n) is 30.7. The molecule has 2 aliphatic heterocycles. The fourth-order valence-electron chi connectivity index (χ4n) is 6.64. The third kappa shape index (κ3) is 8.84. The van der Waals surface area contributed by atoms with Gasteiger partial charge in [-0.3, -0.25) is 14.4 Å². The Bertz CT molecular complexity index is 1860. The lowest BCUT2D eigenvalue weighted by Gasteiger charge is -2.28. The molecule has 9 nitrogen and oxygen atoms in total. The maximum absolute atomic E-state index is 14.3. The summed E-state index contributed by atoms with van der Waals surface area (Å²) < 4.78 is 0. The minimum absolute atomic E-state index is 0.0327. The smallest absolute Gasteiger partial charge is 0.264 e. The standard InChI is InChI=1S/C43H50N4O5/c1-31(2)13-11-14-32(3)25-26-46-39-23-21-36(47-41(50)24-22-38(44-47)35-18-9-6-10-19-35)29-37(39)43(52,42(46)51)33(4)15-12-20-40(49)45(27-28-48)30-34-16-7-5-8-17-34/h5-10,12-13,15-19,21,23,25,29,33,48,52H,11,14,20,22,24,26-28,30H2,1-4H3/b15-12+,32-25+/t33-,43+/m1/s1. The number of hydrogen-bond donors (Lipinski definition) is 2. The van der Waals surface area contributed by atoms with Crippen LogP contribution in [0.15, 0.2) is 119 Å². The van der Waals surface area contributed by atoms with Gasteiger partial charge in [-0.2, -0.15) is 5.10 Å². The molecule has 0 bridgehead atoms. The van der Waals surface area contributed by atoms with Crippen molar-refractivity contribution in [3.8, 4) is 0 Å². The number of aliphatic hydroxyl groups excluding tert-OH is 1.